The first-order valence-electron chi connectivity index (χ1n) is 6.48. The molecule has 0 N–H and O–H groups in total. The predicted octanol–water partition coefficient (Wildman–Crippen LogP) is 3.16. The average molecular weight is 270 g/mol. The third-order valence-electron chi connectivity index (χ3n) is 3.80. The van der Waals surface area contributed by atoms with Crippen LogP contribution in [0.15, 0.2) is 24.3 Å². The Labute approximate surface area is 116 Å². The fraction of sp³-hybridized carbons (Fsp3) is 0.250. The Morgan fingerprint density at radius 1 is 0.750 bits per heavy atom. The third kappa shape index (κ3) is 1.48. The van der Waals surface area contributed by atoms with Gasteiger partial charge in [-0.2, -0.15) is 0 Å². The van der Waals surface area contributed by atoms with Crippen LogP contribution in [-0.2, 0) is 13.2 Å². The summed E-state index contributed by atoms with van der Waals surface area (Å²) in [6.07, 6.45) is 0. The molecule has 0 radical (unpaired) electrons. The van der Waals surface area contributed by atoms with Crippen LogP contribution in [0.2, 0.25) is 0 Å². The highest BCUT2D eigenvalue weighted by Gasteiger charge is 2.29. The number of benzene rings is 2. The summed E-state index contributed by atoms with van der Waals surface area (Å²) in [6, 6.07) is 7.87. The molecule has 0 aliphatic carbocycles. The quantitative estimate of drug-likeness (QED) is 0.840. The summed E-state index contributed by atoms with van der Waals surface area (Å²) < 4.78 is 22.4. The van der Waals surface area contributed by atoms with E-state index in [1.807, 2.05) is 24.3 Å². The first kappa shape index (κ1) is 11.5. The first-order valence-corrected chi connectivity index (χ1v) is 6.48. The van der Waals surface area contributed by atoms with Crippen molar-refractivity contribution in [1.29, 1.82) is 0 Å². The standard InChI is InChI=1S/C16H14O4/c1-17-11-3-9-7-20-14-6-12(18-2)4-10-8-19-13(5-11)15(9)16(10)14/h3-6H,7-8H2,1-2H3. The van der Waals surface area contributed by atoms with Gasteiger partial charge < -0.3 is 18.9 Å². The van der Waals surface area contributed by atoms with Gasteiger partial charge in [0.2, 0.25) is 0 Å². The van der Waals surface area contributed by atoms with Gasteiger partial charge in [-0.1, -0.05) is 0 Å². The molecule has 0 atom stereocenters. The van der Waals surface area contributed by atoms with Gasteiger partial charge in [-0.15, -0.1) is 0 Å². The molecule has 102 valence electrons. The molecule has 0 fully saturated rings. The molecule has 2 aromatic carbocycles. The lowest BCUT2D eigenvalue weighted by molar-refractivity contribution is 0.273. The Morgan fingerprint density at radius 3 is 1.60 bits per heavy atom. The summed E-state index contributed by atoms with van der Waals surface area (Å²) in [5, 5.41) is 0. The van der Waals surface area contributed by atoms with Gasteiger partial charge in [0.15, 0.2) is 0 Å². The lowest BCUT2D eigenvalue weighted by Gasteiger charge is -2.30. The molecule has 4 rings (SSSR count). The Bertz CT molecular complexity index is 594. The first-order chi connectivity index (χ1) is 9.80. The van der Waals surface area contributed by atoms with E-state index < -0.39 is 0 Å². The lowest BCUT2D eigenvalue weighted by atomic mass is 9.90. The second-order valence-electron chi connectivity index (χ2n) is 4.90. The molecule has 0 spiro atoms. The summed E-state index contributed by atoms with van der Waals surface area (Å²) in [5.41, 5.74) is 4.43. The summed E-state index contributed by atoms with van der Waals surface area (Å²) in [4.78, 5) is 0. The summed E-state index contributed by atoms with van der Waals surface area (Å²) in [7, 11) is 3.32. The van der Waals surface area contributed by atoms with Crippen molar-refractivity contribution in [3.05, 3.63) is 35.4 Å². The SMILES string of the molecule is COc1cc2c3c(c1)OCc1cc(OC)cc(c1-3)OC2. The molecule has 4 nitrogen and oxygen atoms in total. The van der Waals surface area contributed by atoms with Crippen LogP contribution in [-0.4, -0.2) is 14.2 Å². The van der Waals surface area contributed by atoms with E-state index in [9.17, 15) is 0 Å². The number of hydrogen-bond acceptors (Lipinski definition) is 4. The van der Waals surface area contributed by atoms with E-state index in [1.54, 1.807) is 14.2 Å². The fourth-order valence-corrected chi connectivity index (χ4v) is 2.86. The van der Waals surface area contributed by atoms with E-state index in [0.29, 0.717) is 13.2 Å². The molecule has 2 aliphatic rings. The van der Waals surface area contributed by atoms with Crippen molar-refractivity contribution in [3.63, 3.8) is 0 Å². The second kappa shape index (κ2) is 4.07. The molecule has 0 saturated heterocycles. The van der Waals surface area contributed by atoms with Crippen molar-refractivity contribution >= 4 is 0 Å². The maximum absolute atomic E-state index is 5.87. The van der Waals surface area contributed by atoms with Gasteiger partial charge in [0.25, 0.3) is 0 Å². The van der Waals surface area contributed by atoms with Crippen molar-refractivity contribution in [2.45, 2.75) is 13.2 Å². The molecule has 0 saturated carbocycles. The minimum atomic E-state index is 0.516. The zero-order valence-electron chi connectivity index (χ0n) is 11.4. The zero-order chi connectivity index (χ0) is 13.7. The van der Waals surface area contributed by atoms with Crippen LogP contribution in [0, 0.1) is 0 Å². The van der Waals surface area contributed by atoms with Gasteiger partial charge in [-0.05, 0) is 12.1 Å². The van der Waals surface area contributed by atoms with Crippen LogP contribution < -0.4 is 18.9 Å². The largest absolute Gasteiger partial charge is 0.497 e. The maximum atomic E-state index is 5.87. The van der Waals surface area contributed by atoms with Crippen molar-refractivity contribution < 1.29 is 18.9 Å². The molecule has 0 bridgehead atoms. The van der Waals surface area contributed by atoms with Crippen molar-refractivity contribution in [1.82, 2.24) is 0 Å². The van der Waals surface area contributed by atoms with Crippen LogP contribution in [0.3, 0.4) is 0 Å². The Morgan fingerprint density at radius 2 is 1.20 bits per heavy atom. The molecular formula is C16H14O4. The highest BCUT2D eigenvalue weighted by Crippen LogP contribution is 2.50. The third-order valence-corrected chi connectivity index (χ3v) is 3.80. The van der Waals surface area contributed by atoms with E-state index in [4.69, 9.17) is 18.9 Å². The number of rotatable bonds is 2. The Kier molecular flexibility index (Phi) is 2.33. The number of methoxy groups -OCH3 is 2. The lowest BCUT2D eigenvalue weighted by Crippen LogP contribution is -2.14. The second-order valence-corrected chi connectivity index (χ2v) is 4.90. The van der Waals surface area contributed by atoms with Crippen molar-refractivity contribution in [2.75, 3.05) is 14.2 Å². The summed E-state index contributed by atoms with van der Waals surface area (Å²) in [5.74, 6) is 3.31. The monoisotopic (exact) mass is 270 g/mol. The van der Waals surface area contributed by atoms with Gasteiger partial charge >= 0.3 is 0 Å². The van der Waals surface area contributed by atoms with E-state index >= 15 is 0 Å². The van der Waals surface area contributed by atoms with Crippen LogP contribution in [0.25, 0.3) is 11.1 Å². The number of ether oxygens (including phenoxy) is 4. The topological polar surface area (TPSA) is 36.9 Å². The molecular weight excluding hydrogens is 256 g/mol. The van der Waals surface area contributed by atoms with Gasteiger partial charge in [-0.3, -0.25) is 0 Å². The van der Waals surface area contributed by atoms with E-state index in [2.05, 4.69) is 0 Å². The maximum Gasteiger partial charge on any atom is 0.131 e. The zero-order valence-corrected chi connectivity index (χ0v) is 11.4. The molecule has 2 aliphatic heterocycles. The van der Waals surface area contributed by atoms with Crippen molar-refractivity contribution in [2.24, 2.45) is 0 Å². The van der Waals surface area contributed by atoms with Crippen molar-refractivity contribution in [3.8, 4) is 34.1 Å². The van der Waals surface area contributed by atoms with E-state index in [0.717, 1.165) is 45.3 Å². The molecule has 4 heteroatoms. The summed E-state index contributed by atoms with van der Waals surface area (Å²) in [6.45, 7) is 1.03. The van der Waals surface area contributed by atoms with E-state index in [-0.39, 0.29) is 0 Å². The van der Waals surface area contributed by atoms with Gasteiger partial charge in [-0.25, -0.2) is 0 Å². The molecule has 2 heterocycles. The smallest absolute Gasteiger partial charge is 0.131 e. The minimum absolute atomic E-state index is 0.516. The molecule has 0 unspecified atom stereocenters. The van der Waals surface area contributed by atoms with Crippen LogP contribution in [0.4, 0.5) is 0 Å². The predicted molar refractivity (Wildman–Crippen MR) is 73.6 cm³/mol. The van der Waals surface area contributed by atoms with Crippen LogP contribution in [0.1, 0.15) is 11.1 Å². The molecule has 20 heavy (non-hydrogen) atoms. The normalized spacial score (nSPS) is 13.9. The van der Waals surface area contributed by atoms with E-state index in [1.165, 1.54) is 0 Å². The van der Waals surface area contributed by atoms with Crippen LogP contribution >= 0.6 is 0 Å². The fourth-order valence-electron chi connectivity index (χ4n) is 2.86. The van der Waals surface area contributed by atoms with Gasteiger partial charge in [0, 0.05) is 34.4 Å². The van der Waals surface area contributed by atoms with Gasteiger partial charge in [0.05, 0.1) is 14.2 Å². The molecule has 0 amide bonds. The Hall–Kier alpha value is -2.36. The Balaban J connectivity index is 2.00. The summed E-state index contributed by atoms with van der Waals surface area (Å²) >= 11 is 0. The highest BCUT2D eigenvalue weighted by atomic mass is 16.5. The average Bonchev–Trinajstić information content (AvgIpc) is 2.51. The molecule has 2 aromatic rings. The highest BCUT2D eigenvalue weighted by molar-refractivity contribution is 5.85. The minimum Gasteiger partial charge on any atom is -0.497 e. The molecule has 0 aromatic heterocycles. The van der Waals surface area contributed by atoms with Gasteiger partial charge in [0.1, 0.15) is 36.2 Å². The van der Waals surface area contributed by atoms with Crippen LogP contribution in [0.5, 0.6) is 23.0 Å². The number of hydrogen-bond donors (Lipinski definition) is 0.